The SMILES string of the molecule is CCCC[C@@H](O)Cc1ccccn1. The zero-order valence-corrected chi connectivity index (χ0v) is 8.11. The Morgan fingerprint density at radius 1 is 1.46 bits per heavy atom. The number of rotatable bonds is 5. The van der Waals surface area contributed by atoms with E-state index in [0.717, 1.165) is 25.0 Å². The zero-order valence-electron chi connectivity index (χ0n) is 8.11. The third kappa shape index (κ3) is 4.04. The lowest BCUT2D eigenvalue weighted by Crippen LogP contribution is -2.10. The topological polar surface area (TPSA) is 33.1 Å². The van der Waals surface area contributed by atoms with E-state index < -0.39 is 0 Å². The van der Waals surface area contributed by atoms with Gasteiger partial charge in [0.1, 0.15) is 0 Å². The van der Waals surface area contributed by atoms with E-state index in [1.807, 2.05) is 18.2 Å². The van der Waals surface area contributed by atoms with Gasteiger partial charge in [0.15, 0.2) is 0 Å². The van der Waals surface area contributed by atoms with E-state index in [-0.39, 0.29) is 6.10 Å². The minimum Gasteiger partial charge on any atom is -0.393 e. The van der Waals surface area contributed by atoms with E-state index in [4.69, 9.17) is 0 Å². The third-order valence-electron chi connectivity index (χ3n) is 2.06. The molecule has 0 bridgehead atoms. The zero-order chi connectivity index (χ0) is 9.52. The summed E-state index contributed by atoms with van der Waals surface area (Å²) < 4.78 is 0. The smallest absolute Gasteiger partial charge is 0.0595 e. The number of unbranched alkanes of at least 4 members (excludes halogenated alkanes) is 1. The van der Waals surface area contributed by atoms with Gasteiger partial charge in [-0.25, -0.2) is 0 Å². The summed E-state index contributed by atoms with van der Waals surface area (Å²) in [5.74, 6) is 0. The second kappa shape index (κ2) is 5.70. The Hall–Kier alpha value is -0.890. The van der Waals surface area contributed by atoms with Crippen molar-refractivity contribution < 1.29 is 5.11 Å². The molecule has 0 fully saturated rings. The van der Waals surface area contributed by atoms with Gasteiger partial charge in [-0.2, -0.15) is 0 Å². The summed E-state index contributed by atoms with van der Waals surface area (Å²) in [7, 11) is 0. The summed E-state index contributed by atoms with van der Waals surface area (Å²) in [6.45, 7) is 2.13. The van der Waals surface area contributed by atoms with Crippen LogP contribution in [0.25, 0.3) is 0 Å². The van der Waals surface area contributed by atoms with Crippen LogP contribution in [0.4, 0.5) is 0 Å². The Kier molecular flexibility index (Phi) is 4.47. The molecule has 0 aliphatic rings. The molecule has 2 heteroatoms. The lowest BCUT2D eigenvalue weighted by atomic mass is 10.1. The quantitative estimate of drug-likeness (QED) is 0.751. The number of aliphatic hydroxyl groups is 1. The molecule has 13 heavy (non-hydrogen) atoms. The van der Waals surface area contributed by atoms with Crippen molar-refractivity contribution in [2.75, 3.05) is 0 Å². The molecule has 1 aromatic heterocycles. The maximum absolute atomic E-state index is 9.59. The number of pyridine rings is 1. The molecule has 1 rings (SSSR count). The number of nitrogens with zero attached hydrogens (tertiary/aromatic N) is 1. The fraction of sp³-hybridized carbons (Fsp3) is 0.545. The summed E-state index contributed by atoms with van der Waals surface area (Å²) >= 11 is 0. The Balaban J connectivity index is 2.32. The van der Waals surface area contributed by atoms with Crippen LogP contribution < -0.4 is 0 Å². The summed E-state index contributed by atoms with van der Waals surface area (Å²) in [6.07, 6.45) is 5.33. The first-order valence-electron chi connectivity index (χ1n) is 4.91. The van der Waals surface area contributed by atoms with E-state index in [9.17, 15) is 5.11 Å². The van der Waals surface area contributed by atoms with Crippen LogP contribution in [0.3, 0.4) is 0 Å². The number of aliphatic hydroxyl groups excluding tert-OH is 1. The van der Waals surface area contributed by atoms with Crippen LogP contribution in [0, 0.1) is 0 Å². The third-order valence-corrected chi connectivity index (χ3v) is 2.06. The van der Waals surface area contributed by atoms with Gasteiger partial charge in [-0.1, -0.05) is 25.8 Å². The van der Waals surface area contributed by atoms with Gasteiger partial charge in [0.25, 0.3) is 0 Å². The van der Waals surface area contributed by atoms with Crippen molar-refractivity contribution in [2.24, 2.45) is 0 Å². The Labute approximate surface area is 79.6 Å². The monoisotopic (exact) mass is 179 g/mol. The summed E-state index contributed by atoms with van der Waals surface area (Å²) in [6, 6.07) is 5.80. The van der Waals surface area contributed by atoms with Crippen molar-refractivity contribution in [1.82, 2.24) is 4.98 Å². The van der Waals surface area contributed by atoms with Gasteiger partial charge in [-0.3, -0.25) is 4.98 Å². The van der Waals surface area contributed by atoms with Crippen LogP contribution in [0.5, 0.6) is 0 Å². The average molecular weight is 179 g/mol. The molecule has 0 saturated heterocycles. The van der Waals surface area contributed by atoms with Crippen molar-refractivity contribution in [1.29, 1.82) is 0 Å². The molecular weight excluding hydrogens is 162 g/mol. The second-order valence-electron chi connectivity index (χ2n) is 3.32. The van der Waals surface area contributed by atoms with Gasteiger partial charge >= 0.3 is 0 Å². The van der Waals surface area contributed by atoms with Crippen molar-refractivity contribution >= 4 is 0 Å². The van der Waals surface area contributed by atoms with Crippen molar-refractivity contribution in [2.45, 2.75) is 38.7 Å². The van der Waals surface area contributed by atoms with E-state index in [1.54, 1.807) is 6.20 Å². The number of aromatic nitrogens is 1. The second-order valence-corrected chi connectivity index (χ2v) is 3.32. The van der Waals surface area contributed by atoms with Gasteiger partial charge in [0, 0.05) is 18.3 Å². The fourth-order valence-electron chi connectivity index (χ4n) is 1.30. The van der Waals surface area contributed by atoms with E-state index in [0.29, 0.717) is 6.42 Å². The molecule has 0 radical (unpaired) electrons. The van der Waals surface area contributed by atoms with Crippen LogP contribution in [0.1, 0.15) is 31.9 Å². The van der Waals surface area contributed by atoms with E-state index >= 15 is 0 Å². The maximum Gasteiger partial charge on any atom is 0.0595 e. The highest BCUT2D eigenvalue weighted by atomic mass is 16.3. The minimum atomic E-state index is -0.227. The first kappa shape index (κ1) is 10.2. The standard InChI is InChI=1S/C11H17NO/c1-2-3-7-11(13)9-10-6-4-5-8-12-10/h4-6,8,11,13H,2-3,7,9H2,1H3/t11-/m1/s1. The summed E-state index contributed by atoms with van der Waals surface area (Å²) in [5, 5.41) is 9.59. The maximum atomic E-state index is 9.59. The van der Waals surface area contributed by atoms with Crippen LogP contribution in [0.15, 0.2) is 24.4 Å². The first-order chi connectivity index (χ1) is 6.33. The number of hydrogen-bond donors (Lipinski definition) is 1. The number of hydrogen-bond acceptors (Lipinski definition) is 2. The molecule has 1 heterocycles. The van der Waals surface area contributed by atoms with Crippen LogP contribution in [-0.4, -0.2) is 16.2 Å². The predicted molar refractivity (Wildman–Crippen MR) is 53.5 cm³/mol. The Morgan fingerprint density at radius 3 is 2.92 bits per heavy atom. The highest BCUT2D eigenvalue weighted by Gasteiger charge is 2.04. The molecule has 0 aliphatic heterocycles. The Bertz CT molecular complexity index is 223. The molecule has 1 atom stereocenters. The summed E-state index contributed by atoms with van der Waals surface area (Å²) in [5.41, 5.74) is 0.978. The first-order valence-corrected chi connectivity index (χ1v) is 4.91. The van der Waals surface area contributed by atoms with Gasteiger partial charge in [0.05, 0.1) is 6.10 Å². The van der Waals surface area contributed by atoms with Crippen molar-refractivity contribution in [3.8, 4) is 0 Å². The average Bonchev–Trinajstić information content (AvgIpc) is 2.16. The molecule has 0 aromatic carbocycles. The minimum absolute atomic E-state index is 0.227. The van der Waals surface area contributed by atoms with E-state index in [2.05, 4.69) is 11.9 Å². The van der Waals surface area contributed by atoms with Gasteiger partial charge < -0.3 is 5.11 Å². The molecule has 0 aliphatic carbocycles. The molecule has 0 saturated carbocycles. The summed E-state index contributed by atoms with van der Waals surface area (Å²) in [4.78, 5) is 4.17. The molecule has 2 nitrogen and oxygen atoms in total. The van der Waals surface area contributed by atoms with Gasteiger partial charge in [-0.05, 0) is 18.6 Å². The fourth-order valence-corrected chi connectivity index (χ4v) is 1.30. The van der Waals surface area contributed by atoms with Crippen molar-refractivity contribution in [3.63, 3.8) is 0 Å². The molecule has 0 unspecified atom stereocenters. The molecule has 0 amide bonds. The van der Waals surface area contributed by atoms with E-state index in [1.165, 1.54) is 0 Å². The van der Waals surface area contributed by atoms with Gasteiger partial charge in [-0.15, -0.1) is 0 Å². The Morgan fingerprint density at radius 2 is 2.31 bits per heavy atom. The largest absolute Gasteiger partial charge is 0.393 e. The lowest BCUT2D eigenvalue weighted by Gasteiger charge is -2.08. The van der Waals surface area contributed by atoms with Gasteiger partial charge in [0.2, 0.25) is 0 Å². The van der Waals surface area contributed by atoms with Crippen LogP contribution >= 0.6 is 0 Å². The normalized spacial score (nSPS) is 12.8. The highest BCUT2D eigenvalue weighted by Crippen LogP contribution is 2.06. The lowest BCUT2D eigenvalue weighted by molar-refractivity contribution is 0.160. The molecule has 1 aromatic rings. The molecule has 1 N–H and O–H groups in total. The van der Waals surface area contributed by atoms with Crippen LogP contribution in [-0.2, 0) is 6.42 Å². The van der Waals surface area contributed by atoms with Crippen molar-refractivity contribution in [3.05, 3.63) is 30.1 Å². The molecule has 72 valence electrons. The van der Waals surface area contributed by atoms with Crippen LogP contribution in [0.2, 0.25) is 0 Å². The molecule has 0 spiro atoms. The predicted octanol–water partition coefficient (Wildman–Crippen LogP) is 2.18. The molecular formula is C11H17NO. The highest BCUT2D eigenvalue weighted by molar-refractivity contribution is 5.04.